The topological polar surface area (TPSA) is 24.9 Å². The highest BCUT2D eigenvalue weighted by Gasteiger charge is 2.30. The van der Waals surface area contributed by atoms with Crippen molar-refractivity contribution >= 4 is 17.4 Å². The molecule has 0 unspecified atom stereocenters. The third-order valence-electron chi connectivity index (χ3n) is 3.51. The van der Waals surface area contributed by atoms with E-state index in [2.05, 4.69) is 10.3 Å². The summed E-state index contributed by atoms with van der Waals surface area (Å²) < 4.78 is 0. The predicted molar refractivity (Wildman–Crippen MR) is 69.0 cm³/mol. The lowest BCUT2D eigenvalue weighted by Gasteiger charge is -2.35. The molecule has 1 heterocycles. The van der Waals surface area contributed by atoms with Crippen molar-refractivity contribution in [3.63, 3.8) is 0 Å². The van der Waals surface area contributed by atoms with Crippen molar-refractivity contribution in [1.29, 1.82) is 0 Å². The normalized spacial score (nSPS) is 19.3. The number of hydrogen-bond donors (Lipinski definition) is 1. The van der Waals surface area contributed by atoms with Crippen molar-refractivity contribution in [1.82, 2.24) is 4.98 Å². The van der Waals surface area contributed by atoms with Crippen molar-refractivity contribution in [2.45, 2.75) is 32.1 Å². The molecule has 2 nitrogen and oxygen atoms in total. The van der Waals surface area contributed by atoms with Crippen LogP contribution in [-0.2, 0) is 0 Å². The van der Waals surface area contributed by atoms with Gasteiger partial charge in [-0.2, -0.15) is 0 Å². The van der Waals surface area contributed by atoms with Crippen LogP contribution in [0.3, 0.4) is 0 Å². The van der Waals surface area contributed by atoms with Gasteiger partial charge in [0, 0.05) is 24.0 Å². The molecule has 0 bridgehead atoms. The van der Waals surface area contributed by atoms with Crippen LogP contribution in [0.25, 0.3) is 0 Å². The van der Waals surface area contributed by atoms with E-state index >= 15 is 0 Å². The number of aromatic nitrogens is 1. The number of nitrogens with one attached hydrogen (secondary N) is 1. The zero-order chi connectivity index (χ0) is 11.3. The molecule has 3 heteroatoms. The molecule has 1 aliphatic carbocycles. The molecule has 0 spiro atoms. The van der Waals surface area contributed by atoms with Crippen molar-refractivity contribution in [2.24, 2.45) is 5.41 Å². The lowest BCUT2D eigenvalue weighted by molar-refractivity contribution is 0.238. The molecule has 1 aromatic heterocycles. The molecule has 0 aliphatic heterocycles. The fourth-order valence-corrected chi connectivity index (χ4v) is 2.77. The highest BCUT2D eigenvalue weighted by Crippen LogP contribution is 2.37. The van der Waals surface area contributed by atoms with Crippen LogP contribution in [0.5, 0.6) is 0 Å². The van der Waals surface area contributed by atoms with Gasteiger partial charge in [0.2, 0.25) is 0 Å². The van der Waals surface area contributed by atoms with E-state index in [1.165, 1.54) is 32.1 Å². The van der Waals surface area contributed by atoms with Gasteiger partial charge in [0.05, 0.1) is 0 Å². The Balaban J connectivity index is 1.92. The zero-order valence-corrected chi connectivity index (χ0v) is 10.3. The lowest BCUT2D eigenvalue weighted by atomic mass is 9.75. The number of alkyl halides is 1. The molecule has 88 valence electrons. The van der Waals surface area contributed by atoms with Gasteiger partial charge >= 0.3 is 0 Å². The molecular formula is C13H19ClN2. The summed E-state index contributed by atoms with van der Waals surface area (Å²) in [5.41, 5.74) is 0.289. The molecule has 2 rings (SSSR count). The fraction of sp³-hybridized carbons (Fsp3) is 0.615. The van der Waals surface area contributed by atoms with E-state index in [4.69, 9.17) is 11.6 Å². The first kappa shape index (κ1) is 11.7. The molecule has 1 aliphatic rings. The molecule has 0 amide bonds. The Kier molecular flexibility index (Phi) is 4.05. The maximum Gasteiger partial charge on any atom is 0.125 e. The quantitative estimate of drug-likeness (QED) is 0.810. The maximum absolute atomic E-state index is 6.14. The molecular weight excluding hydrogens is 220 g/mol. The summed E-state index contributed by atoms with van der Waals surface area (Å²) in [7, 11) is 0. The largest absolute Gasteiger partial charge is 0.369 e. The van der Waals surface area contributed by atoms with E-state index < -0.39 is 0 Å². The zero-order valence-electron chi connectivity index (χ0n) is 9.58. The van der Waals surface area contributed by atoms with Crippen molar-refractivity contribution < 1.29 is 0 Å². The molecule has 0 aromatic carbocycles. The molecule has 1 aromatic rings. The van der Waals surface area contributed by atoms with Gasteiger partial charge in [-0.25, -0.2) is 4.98 Å². The summed E-state index contributed by atoms with van der Waals surface area (Å²) in [5.74, 6) is 1.71. The SMILES string of the molecule is ClCC1(CNc2ccccn2)CCCCC1. The van der Waals surface area contributed by atoms with Gasteiger partial charge in [-0.15, -0.1) is 11.6 Å². The first-order valence-electron chi connectivity index (χ1n) is 6.06. The number of anilines is 1. The highest BCUT2D eigenvalue weighted by atomic mass is 35.5. The number of halogens is 1. The molecule has 1 saturated carbocycles. The van der Waals surface area contributed by atoms with Gasteiger partial charge < -0.3 is 5.32 Å². The molecule has 0 saturated heterocycles. The average molecular weight is 239 g/mol. The van der Waals surface area contributed by atoms with Gasteiger partial charge in [0.25, 0.3) is 0 Å². The highest BCUT2D eigenvalue weighted by molar-refractivity contribution is 6.18. The van der Waals surface area contributed by atoms with Crippen LogP contribution in [0.15, 0.2) is 24.4 Å². The Morgan fingerprint density at radius 2 is 2.06 bits per heavy atom. The Morgan fingerprint density at radius 1 is 1.25 bits per heavy atom. The fourth-order valence-electron chi connectivity index (χ4n) is 2.40. The lowest BCUT2D eigenvalue weighted by Crippen LogP contribution is -2.34. The van der Waals surface area contributed by atoms with Crippen LogP contribution in [0.4, 0.5) is 5.82 Å². The maximum atomic E-state index is 6.14. The van der Waals surface area contributed by atoms with E-state index in [0.29, 0.717) is 0 Å². The summed E-state index contributed by atoms with van der Waals surface area (Å²) in [6.07, 6.45) is 8.30. The molecule has 0 atom stereocenters. The molecule has 1 N–H and O–H groups in total. The van der Waals surface area contributed by atoms with Gasteiger partial charge in [-0.05, 0) is 25.0 Å². The Hall–Kier alpha value is -0.760. The van der Waals surface area contributed by atoms with Crippen molar-refractivity contribution in [3.05, 3.63) is 24.4 Å². The minimum absolute atomic E-state index is 0.289. The summed E-state index contributed by atoms with van der Waals surface area (Å²) in [6.45, 7) is 0.952. The number of hydrogen-bond acceptors (Lipinski definition) is 2. The second-order valence-electron chi connectivity index (χ2n) is 4.76. The van der Waals surface area contributed by atoms with E-state index in [1.807, 2.05) is 24.4 Å². The van der Waals surface area contributed by atoms with Crippen LogP contribution in [0, 0.1) is 5.41 Å². The number of pyridine rings is 1. The second-order valence-corrected chi connectivity index (χ2v) is 5.03. The van der Waals surface area contributed by atoms with Gasteiger partial charge in [-0.3, -0.25) is 0 Å². The first-order valence-corrected chi connectivity index (χ1v) is 6.59. The summed E-state index contributed by atoms with van der Waals surface area (Å²) in [5, 5.41) is 3.41. The Labute approximate surface area is 102 Å². The third-order valence-corrected chi connectivity index (χ3v) is 4.07. The minimum Gasteiger partial charge on any atom is -0.369 e. The van der Waals surface area contributed by atoms with Crippen LogP contribution in [0.1, 0.15) is 32.1 Å². The van der Waals surface area contributed by atoms with E-state index in [9.17, 15) is 0 Å². The standard InChI is InChI=1S/C13H19ClN2/c14-10-13(7-3-1-4-8-13)11-16-12-6-2-5-9-15-12/h2,5-6,9H,1,3-4,7-8,10-11H2,(H,15,16). The number of rotatable bonds is 4. The van der Waals surface area contributed by atoms with Gasteiger partial charge in [-0.1, -0.05) is 25.3 Å². The second kappa shape index (κ2) is 5.53. The first-order chi connectivity index (χ1) is 7.85. The van der Waals surface area contributed by atoms with E-state index in [-0.39, 0.29) is 5.41 Å². The monoisotopic (exact) mass is 238 g/mol. The van der Waals surface area contributed by atoms with E-state index in [0.717, 1.165) is 18.2 Å². The van der Waals surface area contributed by atoms with Crippen LogP contribution < -0.4 is 5.32 Å². The molecule has 0 radical (unpaired) electrons. The van der Waals surface area contributed by atoms with Gasteiger partial charge in [0.1, 0.15) is 5.82 Å². The Bertz CT molecular complexity index is 307. The van der Waals surface area contributed by atoms with Gasteiger partial charge in [0.15, 0.2) is 0 Å². The van der Waals surface area contributed by atoms with Crippen molar-refractivity contribution in [3.8, 4) is 0 Å². The smallest absolute Gasteiger partial charge is 0.125 e. The molecule has 1 fully saturated rings. The Morgan fingerprint density at radius 3 is 2.69 bits per heavy atom. The summed E-state index contributed by atoms with van der Waals surface area (Å²) >= 11 is 6.14. The van der Waals surface area contributed by atoms with Crippen LogP contribution in [0.2, 0.25) is 0 Å². The van der Waals surface area contributed by atoms with E-state index in [1.54, 1.807) is 0 Å². The predicted octanol–water partition coefficient (Wildman–Crippen LogP) is 3.68. The molecule has 16 heavy (non-hydrogen) atoms. The van der Waals surface area contributed by atoms with Crippen molar-refractivity contribution in [2.75, 3.05) is 17.7 Å². The number of nitrogens with zero attached hydrogens (tertiary/aromatic N) is 1. The van der Waals surface area contributed by atoms with Crippen LogP contribution in [-0.4, -0.2) is 17.4 Å². The third kappa shape index (κ3) is 2.88. The average Bonchev–Trinajstić information content (AvgIpc) is 2.39. The summed E-state index contributed by atoms with van der Waals surface area (Å²) in [4.78, 5) is 4.27. The minimum atomic E-state index is 0.289. The van der Waals surface area contributed by atoms with Crippen LogP contribution >= 0.6 is 11.6 Å². The summed E-state index contributed by atoms with van der Waals surface area (Å²) in [6, 6.07) is 5.94.